The third-order valence-corrected chi connectivity index (χ3v) is 30.0. The predicted octanol–water partition coefficient (Wildman–Crippen LogP) is 36.2. The molecule has 10 saturated carbocycles. The Kier molecular flexibility index (Phi) is 85.9. The molecule has 10 aliphatic rings. The number of hydrogen-bond donors (Lipinski definition) is 0. The van der Waals surface area contributed by atoms with Crippen LogP contribution in [0.15, 0.2) is 0 Å². The molecule has 18 nitrogen and oxygen atoms in total. The molecular formula is C119H250O18. The van der Waals surface area contributed by atoms with Crippen LogP contribution in [0.1, 0.15) is 554 Å². The van der Waals surface area contributed by atoms with Crippen LogP contribution in [-0.2, 0) is 85.7 Å². The van der Waals surface area contributed by atoms with Crippen LogP contribution in [0, 0.1) is 117 Å². The van der Waals surface area contributed by atoms with Crippen LogP contribution in [0.4, 0.5) is 0 Å². The van der Waals surface area contributed by atoms with Gasteiger partial charge in [0.25, 0.3) is 0 Å². The maximum Gasteiger partial charge on any atom is 0.313 e. The van der Waals surface area contributed by atoms with E-state index in [4.69, 9.17) is 47.4 Å². The number of ether oxygens (including phenoxy) is 10. The number of esters is 8. The van der Waals surface area contributed by atoms with E-state index in [0.29, 0.717) is 12.2 Å². The van der Waals surface area contributed by atoms with Crippen molar-refractivity contribution >= 4 is 47.8 Å². The SMILES string of the molecule is C.C.C.C.C.C.C.C.C.C.C.C.C.C.C.C.CCC(C)(C)C(=O)OC(C)(C)C.CCC(C)(C)C(=O)OC(C)OC1CC2CC1C1C3CCC(C3)C21.CCC(C)(C)OC(=O)C(C)(C)CC.CCC(C)C(=O)OC(C)(C)C.CCC(C)C(=O)OC(C)(C)CC.CCC(C)C(=O)OC(C)OC1CC2CC1C1C3CCC(C3)C21.CCC(C)C(=O)OC1(C)CCCC1.CCC(C)C(=O)OC1(CC)CCCCC1. The van der Waals surface area contributed by atoms with Gasteiger partial charge < -0.3 is 47.4 Å². The lowest BCUT2D eigenvalue weighted by Crippen LogP contribution is -2.39. The second kappa shape index (κ2) is 72.0. The molecule has 10 rings (SSSR count). The van der Waals surface area contributed by atoms with E-state index in [1.807, 2.05) is 228 Å². The standard InChI is InChI=1S/C20H32O3.C19H30O3.C13H24O2.C11H20O2.C11H22O2.2C10H20O2.C9H18O2.16CH4/c1-5-20(3,4)19(21)23-11(2)22-16-10-14-9-15(16)18-13-7-6-12(8-13)17(14)18;1-4-10(2)19(20)22-11(3)21-16-9-14-8-15(16)18-13-6-5-12(7-13)17(14)18;1-4-11(3)12(14)15-13(5-2)9-7-6-8-10-13;1-4-9(2)10(12)13-11(3)7-5-6-8-11;1-7-10(3,4)9(12)13-11(5,6)8-2;1-7-10(5,6)8(11)12-9(2,3)4;1-6-8(3)9(11)12-10(4,5)7-2;1-6-7(2)8(10)11-9(3,4)5;;;;;;;;;;;;;;;;/h11-18H,5-10H2,1-4H3;10-18H,4-9H2,1-3H3;11H,4-10H2,1-3H3;9H,4-8H2,1-3H3;7-8H2,1-6H3;7H2,1-6H3;8H,6-7H2,1-5H3;7H,6H2,1-5H3;16*1H4. The Balaban J connectivity index is -0.000000105. The number of hydrogen-bond acceptors (Lipinski definition) is 18. The van der Waals surface area contributed by atoms with Crippen LogP contribution < -0.4 is 0 Å². The van der Waals surface area contributed by atoms with Gasteiger partial charge in [0.2, 0.25) is 0 Å². The fourth-order valence-corrected chi connectivity index (χ4v) is 19.1. The lowest BCUT2D eigenvalue weighted by atomic mass is 9.70. The van der Waals surface area contributed by atoms with E-state index < -0.39 is 11.7 Å². The fourth-order valence-electron chi connectivity index (χ4n) is 19.1. The van der Waals surface area contributed by atoms with E-state index in [2.05, 4.69) is 13.8 Å². The van der Waals surface area contributed by atoms with Gasteiger partial charge >= 0.3 is 47.8 Å². The molecule has 0 N–H and O–H groups in total. The van der Waals surface area contributed by atoms with Gasteiger partial charge in [0.15, 0.2) is 12.6 Å². The lowest BCUT2D eigenvalue weighted by molar-refractivity contribution is -0.202. The van der Waals surface area contributed by atoms with Gasteiger partial charge in [0, 0.05) is 0 Å². The molecule has 0 aliphatic heterocycles. The van der Waals surface area contributed by atoms with Crippen molar-refractivity contribution in [1.82, 2.24) is 0 Å². The predicted molar refractivity (Wildman–Crippen MR) is 594 cm³/mol. The van der Waals surface area contributed by atoms with E-state index in [1.165, 1.54) is 96.3 Å². The second-order valence-electron chi connectivity index (χ2n) is 44.0. The van der Waals surface area contributed by atoms with Crippen LogP contribution in [0.2, 0.25) is 0 Å². The molecule has 137 heavy (non-hydrogen) atoms. The highest BCUT2D eigenvalue weighted by atomic mass is 16.7. The summed E-state index contributed by atoms with van der Waals surface area (Å²) in [6, 6.07) is 0. The molecular weight excluding hydrogens is 1720 g/mol. The smallest absolute Gasteiger partial charge is 0.313 e. The van der Waals surface area contributed by atoms with Crippen molar-refractivity contribution in [2.45, 2.75) is 612 Å². The minimum atomic E-state index is -0.415. The quantitative estimate of drug-likeness (QED) is 0.0293. The van der Waals surface area contributed by atoms with Crippen molar-refractivity contribution < 1.29 is 85.7 Å². The lowest BCUT2D eigenvalue weighted by Gasteiger charge is -2.39. The molecule has 0 aromatic rings. The van der Waals surface area contributed by atoms with Gasteiger partial charge in [-0.05, 0) is 389 Å². The van der Waals surface area contributed by atoms with Crippen LogP contribution in [0.5, 0.6) is 0 Å². The summed E-state index contributed by atoms with van der Waals surface area (Å²) in [6.07, 6.45) is 33.5. The molecule has 0 spiro atoms. The highest BCUT2D eigenvalue weighted by Crippen LogP contribution is 2.69. The number of fused-ring (bicyclic) bond motifs is 18. The molecule has 0 aromatic heterocycles. The van der Waals surface area contributed by atoms with Crippen molar-refractivity contribution in [3.05, 3.63) is 0 Å². The Morgan fingerprint density at radius 2 is 0.577 bits per heavy atom. The van der Waals surface area contributed by atoms with E-state index in [-0.39, 0.29) is 247 Å². The highest BCUT2D eigenvalue weighted by molar-refractivity contribution is 5.77. The van der Waals surface area contributed by atoms with Crippen LogP contribution in [-0.4, -0.2) is 106 Å². The van der Waals surface area contributed by atoms with Crippen molar-refractivity contribution in [3.8, 4) is 0 Å². The largest absolute Gasteiger partial charge is 0.460 e. The van der Waals surface area contributed by atoms with E-state index in [9.17, 15) is 38.4 Å². The van der Waals surface area contributed by atoms with Gasteiger partial charge in [-0.3, -0.25) is 38.4 Å². The normalized spacial score (nSPS) is 24.5. The van der Waals surface area contributed by atoms with E-state index in [0.717, 1.165) is 167 Å². The molecule has 10 aliphatic carbocycles. The summed E-state index contributed by atoms with van der Waals surface area (Å²) in [6.45, 7) is 68.3. The van der Waals surface area contributed by atoms with E-state index in [1.54, 1.807) is 0 Å². The first-order valence-corrected chi connectivity index (χ1v) is 49.0. The van der Waals surface area contributed by atoms with Gasteiger partial charge in [0.1, 0.15) is 33.6 Å². The van der Waals surface area contributed by atoms with Crippen molar-refractivity contribution in [2.75, 3.05) is 0 Å². The molecule has 0 amide bonds. The zero-order valence-electron chi connectivity index (χ0n) is 84.2. The highest BCUT2D eigenvalue weighted by Gasteiger charge is 2.64. The Morgan fingerprint density at radius 1 is 0.292 bits per heavy atom. The summed E-state index contributed by atoms with van der Waals surface area (Å²) in [7, 11) is 0. The monoisotopic (exact) mass is 1970 g/mol. The summed E-state index contributed by atoms with van der Waals surface area (Å²) in [5.74, 6) is 10.6. The third kappa shape index (κ3) is 50.9. The molecule has 21 atom stereocenters. The minimum absolute atomic E-state index is 0. The number of carbonyl (C=O) groups is 8. The van der Waals surface area contributed by atoms with Gasteiger partial charge in [0.05, 0.1) is 58.0 Å². The first-order valence-electron chi connectivity index (χ1n) is 49.0. The van der Waals surface area contributed by atoms with Gasteiger partial charge in [-0.1, -0.05) is 236 Å². The summed E-state index contributed by atoms with van der Waals surface area (Å²) in [5.41, 5.74) is -2.75. The Hall–Kier alpha value is -4.32. The maximum atomic E-state index is 12.2. The average molecular weight is 1970 g/mol. The first kappa shape index (κ1) is 163. The van der Waals surface area contributed by atoms with Crippen LogP contribution in [0.25, 0.3) is 0 Å². The Bertz CT molecular complexity index is 3140. The molecule has 834 valence electrons. The van der Waals surface area contributed by atoms with Crippen molar-refractivity contribution in [3.63, 3.8) is 0 Å². The zero-order valence-corrected chi connectivity index (χ0v) is 84.2. The molecule has 0 saturated heterocycles. The van der Waals surface area contributed by atoms with Gasteiger partial charge in [-0.2, -0.15) is 0 Å². The molecule has 18 heteroatoms. The Morgan fingerprint density at radius 3 is 0.898 bits per heavy atom. The second-order valence-corrected chi connectivity index (χ2v) is 44.0. The number of carbonyl (C=O) groups excluding carboxylic acids is 8. The molecule has 0 heterocycles. The van der Waals surface area contributed by atoms with Crippen LogP contribution in [0.3, 0.4) is 0 Å². The first-order chi connectivity index (χ1) is 55.9. The van der Waals surface area contributed by atoms with Crippen molar-refractivity contribution in [1.29, 1.82) is 0 Å². The average Bonchev–Trinajstić information content (AvgIpc) is 1.56. The summed E-state index contributed by atoms with van der Waals surface area (Å²) in [5, 5.41) is 0. The van der Waals surface area contributed by atoms with Crippen LogP contribution >= 0.6 is 0 Å². The van der Waals surface area contributed by atoms with Gasteiger partial charge in [-0.25, -0.2) is 0 Å². The molecule has 10 fully saturated rings. The summed E-state index contributed by atoms with van der Waals surface area (Å²) >= 11 is 0. The molecule has 21 unspecified atom stereocenters. The third-order valence-electron chi connectivity index (χ3n) is 30.0. The number of rotatable bonds is 29. The fraction of sp³-hybridized carbons (Fsp3) is 0.933. The maximum absolute atomic E-state index is 12.2. The van der Waals surface area contributed by atoms with E-state index >= 15 is 0 Å². The zero-order chi connectivity index (χ0) is 92.5. The minimum Gasteiger partial charge on any atom is -0.460 e. The van der Waals surface area contributed by atoms with Crippen molar-refractivity contribution in [2.24, 2.45) is 117 Å². The molecule has 0 aromatic carbocycles. The summed E-state index contributed by atoms with van der Waals surface area (Å²) < 4.78 is 55.8. The van der Waals surface area contributed by atoms with Gasteiger partial charge in [-0.15, -0.1) is 0 Å². The topological polar surface area (TPSA) is 229 Å². The summed E-state index contributed by atoms with van der Waals surface area (Å²) in [4.78, 5) is 93.1. The molecule has 8 bridgehead atoms. The molecule has 0 radical (unpaired) electrons. The Labute approximate surface area is 857 Å².